The van der Waals surface area contributed by atoms with Gasteiger partial charge in [-0.1, -0.05) is 0 Å². The molecule has 5 nitrogen and oxygen atoms in total. The SMILES string of the molecule is O=C(Cc1ccncc1)NC1CCCNC1=O. The lowest BCUT2D eigenvalue weighted by Gasteiger charge is -2.22. The Balaban J connectivity index is 1.87. The molecular weight excluding hydrogens is 218 g/mol. The molecular formula is C12H15N3O2. The average Bonchev–Trinajstić information content (AvgIpc) is 2.33. The average molecular weight is 233 g/mol. The Morgan fingerprint density at radius 2 is 2.24 bits per heavy atom. The first-order valence-corrected chi connectivity index (χ1v) is 5.71. The summed E-state index contributed by atoms with van der Waals surface area (Å²) >= 11 is 0. The minimum atomic E-state index is -0.377. The van der Waals surface area contributed by atoms with E-state index in [-0.39, 0.29) is 24.3 Å². The van der Waals surface area contributed by atoms with Crippen molar-refractivity contribution in [3.05, 3.63) is 30.1 Å². The van der Waals surface area contributed by atoms with Gasteiger partial charge in [0.2, 0.25) is 11.8 Å². The Kier molecular flexibility index (Phi) is 3.69. The number of nitrogens with one attached hydrogen (secondary N) is 2. The zero-order valence-electron chi connectivity index (χ0n) is 9.48. The topological polar surface area (TPSA) is 71.1 Å². The zero-order valence-corrected chi connectivity index (χ0v) is 9.48. The highest BCUT2D eigenvalue weighted by Gasteiger charge is 2.23. The second-order valence-electron chi connectivity index (χ2n) is 4.09. The standard InChI is InChI=1S/C12H15N3O2/c16-11(8-9-3-6-13-7-4-9)15-10-2-1-5-14-12(10)17/h3-4,6-7,10H,1-2,5,8H2,(H,14,17)(H,15,16). The number of piperidine rings is 1. The van der Waals surface area contributed by atoms with Crippen molar-refractivity contribution in [2.24, 2.45) is 0 Å². The number of carbonyl (C=O) groups excluding carboxylic acids is 2. The van der Waals surface area contributed by atoms with Crippen molar-refractivity contribution in [2.75, 3.05) is 6.54 Å². The van der Waals surface area contributed by atoms with Gasteiger partial charge >= 0.3 is 0 Å². The lowest BCUT2D eigenvalue weighted by atomic mass is 10.1. The molecule has 1 aliphatic rings. The molecule has 17 heavy (non-hydrogen) atoms. The van der Waals surface area contributed by atoms with Crippen LogP contribution in [0.3, 0.4) is 0 Å². The minimum Gasteiger partial charge on any atom is -0.354 e. The van der Waals surface area contributed by atoms with Crippen LogP contribution in [-0.4, -0.2) is 29.4 Å². The summed E-state index contributed by atoms with van der Waals surface area (Å²) in [6, 6.07) is 3.21. The number of hydrogen-bond donors (Lipinski definition) is 2. The van der Waals surface area contributed by atoms with E-state index >= 15 is 0 Å². The van der Waals surface area contributed by atoms with Crippen LogP contribution >= 0.6 is 0 Å². The number of pyridine rings is 1. The third-order valence-electron chi connectivity index (χ3n) is 2.73. The molecule has 1 aromatic heterocycles. The van der Waals surface area contributed by atoms with Gasteiger partial charge in [0.15, 0.2) is 0 Å². The highest BCUT2D eigenvalue weighted by atomic mass is 16.2. The fourth-order valence-electron chi connectivity index (χ4n) is 1.84. The Bertz CT molecular complexity index is 405. The molecule has 1 atom stereocenters. The predicted octanol–water partition coefficient (Wildman–Crippen LogP) is 0.0189. The van der Waals surface area contributed by atoms with Gasteiger partial charge in [0.05, 0.1) is 6.42 Å². The molecule has 0 bridgehead atoms. The third-order valence-corrected chi connectivity index (χ3v) is 2.73. The normalized spacial score (nSPS) is 19.5. The van der Waals surface area contributed by atoms with Crippen LogP contribution in [0.2, 0.25) is 0 Å². The Morgan fingerprint density at radius 1 is 1.47 bits per heavy atom. The zero-order chi connectivity index (χ0) is 12.1. The van der Waals surface area contributed by atoms with Gasteiger partial charge in [-0.25, -0.2) is 0 Å². The van der Waals surface area contributed by atoms with Crippen LogP contribution in [0.25, 0.3) is 0 Å². The van der Waals surface area contributed by atoms with Crippen LogP contribution in [-0.2, 0) is 16.0 Å². The summed E-state index contributed by atoms with van der Waals surface area (Å²) in [6.45, 7) is 0.704. The molecule has 1 saturated heterocycles. The second kappa shape index (κ2) is 5.43. The van der Waals surface area contributed by atoms with Gasteiger partial charge in [0, 0.05) is 18.9 Å². The van der Waals surface area contributed by atoms with Gasteiger partial charge < -0.3 is 10.6 Å². The summed E-state index contributed by atoms with van der Waals surface area (Å²) in [5, 5.41) is 5.48. The molecule has 0 radical (unpaired) electrons. The first kappa shape index (κ1) is 11.6. The van der Waals surface area contributed by atoms with E-state index in [1.165, 1.54) is 0 Å². The Labute approximate surface area is 99.6 Å². The van der Waals surface area contributed by atoms with E-state index in [4.69, 9.17) is 0 Å². The van der Waals surface area contributed by atoms with Gasteiger partial charge in [-0.3, -0.25) is 14.6 Å². The highest BCUT2D eigenvalue weighted by Crippen LogP contribution is 2.04. The van der Waals surface area contributed by atoms with Gasteiger partial charge in [-0.05, 0) is 30.5 Å². The van der Waals surface area contributed by atoms with Crippen molar-refractivity contribution in [2.45, 2.75) is 25.3 Å². The molecule has 2 rings (SSSR count). The van der Waals surface area contributed by atoms with E-state index in [9.17, 15) is 9.59 Å². The molecule has 2 heterocycles. The minimum absolute atomic E-state index is 0.0840. The molecule has 1 aromatic rings. The largest absolute Gasteiger partial charge is 0.354 e. The van der Waals surface area contributed by atoms with Gasteiger partial charge in [0.25, 0.3) is 0 Å². The summed E-state index contributed by atoms with van der Waals surface area (Å²) in [5.41, 5.74) is 0.897. The van der Waals surface area contributed by atoms with Crippen LogP contribution in [0, 0.1) is 0 Å². The van der Waals surface area contributed by atoms with Crippen LogP contribution < -0.4 is 10.6 Å². The lowest BCUT2D eigenvalue weighted by Crippen LogP contribution is -2.50. The van der Waals surface area contributed by atoms with E-state index in [1.54, 1.807) is 24.5 Å². The van der Waals surface area contributed by atoms with Crippen molar-refractivity contribution >= 4 is 11.8 Å². The maximum Gasteiger partial charge on any atom is 0.242 e. The molecule has 0 aliphatic carbocycles. The molecule has 2 N–H and O–H groups in total. The molecule has 2 amide bonds. The molecule has 5 heteroatoms. The highest BCUT2D eigenvalue weighted by molar-refractivity contribution is 5.88. The number of nitrogens with zero attached hydrogens (tertiary/aromatic N) is 1. The molecule has 0 saturated carbocycles. The van der Waals surface area contributed by atoms with Crippen molar-refractivity contribution in [3.8, 4) is 0 Å². The Morgan fingerprint density at radius 3 is 2.94 bits per heavy atom. The van der Waals surface area contributed by atoms with Crippen molar-refractivity contribution in [1.29, 1.82) is 0 Å². The molecule has 0 aromatic carbocycles. The van der Waals surface area contributed by atoms with E-state index in [2.05, 4.69) is 15.6 Å². The molecule has 0 spiro atoms. The van der Waals surface area contributed by atoms with Gasteiger partial charge in [-0.2, -0.15) is 0 Å². The smallest absolute Gasteiger partial charge is 0.242 e. The van der Waals surface area contributed by atoms with Crippen LogP contribution in [0.4, 0.5) is 0 Å². The molecule has 1 fully saturated rings. The first-order chi connectivity index (χ1) is 8.25. The lowest BCUT2D eigenvalue weighted by molar-refractivity contribution is -0.129. The predicted molar refractivity (Wildman–Crippen MR) is 62.1 cm³/mol. The van der Waals surface area contributed by atoms with E-state index < -0.39 is 0 Å². The second-order valence-corrected chi connectivity index (χ2v) is 4.09. The number of aromatic nitrogens is 1. The number of hydrogen-bond acceptors (Lipinski definition) is 3. The summed E-state index contributed by atoms with van der Waals surface area (Å²) in [7, 11) is 0. The molecule has 90 valence electrons. The number of carbonyl (C=O) groups is 2. The quantitative estimate of drug-likeness (QED) is 0.773. The van der Waals surface area contributed by atoms with Crippen LogP contribution in [0.15, 0.2) is 24.5 Å². The third kappa shape index (κ3) is 3.27. The summed E-state index contributed by atoms with van der Waals surface area (Å²) < 4.78 is 0. The fourth-order valence-corrected chi connectivity index (χ4v) is 1.84. The molecule has 1 unspecified atom stereocenters. The van der Waals surface area contributed by atoms with Crippen molar-refractivity contribution < 1.29 is 9.59 Å². The van der Waals surface area contributed by atoms with Gasteiger partial charge in [0.1, 0.15) is 6.04 Å². The summed E-state index contributed by atoms with van der Waals surface area (Å²) in [6.07, 6.45) is 5.21. The monoisotopic (exact) mass is 233 g/mol. The van der Waals surface area contributed by atoms with Crippen LogP contribution in [0.1, 0.15) is 18.4 Å². The van der Waals surface area contributed by atoms with E-state index in [0.717, 1.165) is 12.0 Å². The van der Waals surface area contributed by atoms with Crippen molar-refractivity contribution in [1.82, 2.24) is 15.6 Å². The van der Waals surface area contributed by atoms with E-state index in [1.807, 2.05) is 0 Å². The first-order valence-electron chi connectivity index (χ1n) is 5.71. The van der Waals surface area contributed by atoms with Gasteiger partial charge in [-0.15, -0.1) is 0 Å². The number of rotatable bonds is 3. The van der Waals surface area contributed by atoms with Crippen molar-refractivity contribution in [3.63, 3.8) is 0 Å². The maximum atomic E-state index is 11.7. The van der Waals surface area contributed by atoms with Crippen LogP contribution in [0.5, 0.6) is 0 Å². The summed E-state index contributed by atoms with van der Waals surface area (Å²) in [5.74, 6) is -0.211. The molecule has 1 aliphatic heterocycles. The Hall–Kier alpha value is -1.91. The number of amides is 2. The van der Waals surface area contributed by atoms with E-state index in [0.29, 0.717) is 13.0 Å². The summed E-state index contributed by atoms with van der Waals surface area (Å²) in [4.78, 5) is 27.0. The maximum absolute atomic E-state index is 11.7. The fraction of sp³-hybridized carbons (Fsp3) is 0.417.